The highest BCUT2D eigenvalue weighted by Crippen LogP contribution is 2.35. The van der Waals surface area contributed by atoms with Gasteiger partial charge in [0, 0.05) is 21.2 Å². The van der Waals surface area contributed by atoms with Crippen LogP contribution in [0.25, 0.3) is 0 Å². The number of benzene rings is 2. The van der Waals surface area contributed by atoms with Gasteiger partial charge in [-0.2, -0.15) is 0 Å². The minimum absolute atomic E-state index is 0.104. The summed E-state index contributed by atoms with van der Waals surface area (Å²) in [5.41, 5.74) is 6.85. The van der Waals surface area contributed by atoms with Gasteiger partial charge in [0.05, 0.1) is 0 Å². The van der Waals surface area contributed by atoms with Crippen molar-refractivity contribution in [1.82, 2.24) is 0 Å². The Balaban J connectivity index is 1.70. The molecule has 1 heterocycles. The quantitative estimate of drug-likeness (QED) is 0.889. The molecular weight excluding hydrogens is 353 g/mol. The summed E-state index contributed by atoms with van der Waals surface area (Å²) in [5.74, 6) is 1.42. The zero-order valence-electron chi connectivity index (χ0n) is 11.3. The van der Waals surface area contributed by atoms with E-state index in [4.69, 9.17) is 10.5 Å². The van der Waals surface area contributed by atoms with Crippen LogP contribution >= 0.6 is 27.7 Å². The molecule has 0 aromatic heterocycles. The lowest BCUT2D eigenvalue weighted by Gasteiger charge is -2.30. The van der Waals surface area contributed by atoms with E-state index in [0.29, 0.717) is 12.0 Å². The highest BCUT2D eigenvalue weighted by atomic mass is 79.9. The van der Waals surface area contributed by atoms with Crippen molar-refractivity contribution in [3.63, 3.8) is 0 Å². The number of fused-ring (bicyclic) bond motifs is 1. The molecule has 0 amide bonds. The minimum Gasteiger partial charge on any atom is -0.487 e. The molecular formula is C16H15BrFNOS. The standard InChI is InChI=1S/C16H15BrFNOS/c17-11-6-5-10(12(18)8-11)7-13(19)15-9-21-16-4-2-1-3-14(16)20-15/h1-6,8,13,15H,7,9,19H2. The summed E-state index contributed by atoms with van der Waals surface area (Å²) in [6.07, 6.45) is 0.361. The van der Waals surface area contributed by atoms with E-state index in [9.17, 15) is 4.39 Å². The van der Waals surface area contributed by atoms with Crippen molar-refractivity contribution in [3.05, 3.63) is 58.3 Å². The number of halogens is 2. The van der Waals surface area contributed by atoms with Gasteiger partial charge in [-0.15, -0.1) is 11.8 Å². The lowest BCUT2D eigenvalue weighted by Crippen LogP contribution is -2.43. The average molecular weight is 368 g/mol. The zero-order chi connectivity index (χ0) is 14.8. The van der Waals surface area contributed by atoms with Crippen LogP contribution in [0.15, 0.2) is 51.8 Å². The molecule has 1 aliphatic heterocycles. The first kappa shape index (κ1) is 14.9. The Bertz CT molecular complexity index is 652. The predicted molar refractivity (Wildman–Crippen MR) is 87.4 cm³/mol. The van der Waals surface area contributed by atoms with Crippen molar-refractivity contribution in [3.8, 4) is 5.75 Å². The molecule has 2 atom stereocenters. The van der Waals surface area contributed by atoms with Crippen LogP contribution in [-0.4, -0.2) is 17.9 Å². The monoisotopic (exact) mass is 367 g/mol. The first-order chi connectivity index (χ1) is 10.1. The van der Waals surface area contributed by atoms with Gasteiger partial charge < -0.3 is 10.5 Å². The minimum atomic E-state index is -0.235. The fourth-order valence-electron chi connectivity index (χ4n) is 2.32. The number of hydrogen-bond acceptors (Lipinski definition) is 3. The van der Waals surface area contributed by atoms with Crippen molar-refractivity contribution in [2.45, 2.75) is 23.5 Å². The summed E-state index contributed by atoms with van der Waals surface area (Å²) in [6.45, 7) is 0. The Morgan fingerprint density at radius 1 is 1.33 bits per heavy atom. The molecule has 1 aliphatic rings. The van der Waals surface area contributed by atoms with Crippen LogP contribution < -0.4 is 10.5 Å². The Hall–Kier alpha value is -1.04. The molecule has 0 aliphatic carbocycles. The first-order valence-corrected chi connectivity index (χ1v) is 8.49. The summed E-state index contributed by atoms with van der Waals surface area (Å²) in [4.78, 5) is 1.13. The molecule has 0 radical (unpaired) electrons. The highest BCUT2D eigenvalue weighted by molar-refractivity contribution is 9.10. The average Bonchev–Trinajstić information content (AvgIpc) is 2.49. The summed E-state index contributed by atoms with van der Waals surface area (Å²) in [6, 6.07) is 12.8. The fraction of sp³-hybridized carbons (Fsp3) is 0.250. The second-order valence-corrected chi connectivity index (χ2v) is 7.00. The van der Waals surface area contributed by atoms with Gasteiger partial charge in [0.25, 0.3) is 0 Å². The number of ether oxygens (including phenoxy) is 1. The second kappa shape index (κ2) is 6.38. The van der Waals surface area contributed by atoms with E-state index >= 15 is 0 Å². The van der Waals surface area contributed by atoms with Crippen LogP contribution in [0, 0.1) is 5.82 Å². The van der Waals surface area contributed by atoms with Gasteiger partial charge in [0.1, 0.15) is 17.7 Å². The maximum atomic E-state index is 13.9. The van der Waals surface area contributed by atoms with Crippen LogP contribution in [0.5, 0.6) is 5.75 Å². The first-order valence-electron chi connectivity index (χ1n) is 6.71. The summed E-state index contributed by atoms with van der Waals surface area (Å²) < 4.78 is 20.6. The van der Waals surface area contributed by atoms with Crippen molar-refractivity contribution >= 4 is 27.7 Å². The molecule has 0 saturated carbocycles. The zero-order valence-corrected chi connectivity index (χ0v) is 13.7. The van der Waals surface area contributed by atoms with Crippen LogP contribution in [0.4, 0.5) is 4.39 Å². The van der Waals surface area contributed by atoms with Crippen molar-refractivity contribution in [1.29, 1.82) is 0 Å². The normalized spacial score (nSPS) is 18.7. The Labute approximate surface area is 136 Å². The van der Waals surface area contributed by atoms with E-state index in [1.807, 2.05) is 30.3 Å². The third-order valence-corrected chi connectivity index (χ3v) is 5.12. The summed E-state index contributed by atoms with van der Waals surface area (Å²) in [5, 5.41) is 0. The van der Waals surface area contributed by atoms with E-state index in [1.54, 1.807) is 17.8 Å². The third kappa shape index (κ3) is 3.42. The SMILES string of the molecule is NC(Cc1ccc(Br)cc1F)C1CSc2ccccc2O1. The molecule has 0 bridgehead atoms. The molecule has 2 N–H and O–H groups in total. The molecule has 0 saturated heterocycles. The highest BCUT2D eigenvalue weighted by Gasteiger charge is 2.26. The summed E-state index contributed by atoms with van der Waals surface area (Å²) in [7, 11) is 0. The Morgan fingerprint density at radius 3 is 2.95 bits per heavy atom. The van der Waals surface area contributed by atoms with E-state index < -0.39 is 0 Å². The van der Waals surface area contributed by atoms with Crippen molar-refractivity contribution in [2.75, 3.05) is 5.75 Å². The predicted octanol–water partition coefficient (Wildman–Crippen LogP) is 4.01. The van der Waals surface area contributed by atoms with Gasteiger partial charge in [0.15, 0.2) is 0 Å². The molecule has 3 rings (SSSR count). The van der Waals surface area contributed by atoms with E-state index in [1.165, 1.54) is 6.07 Å². The van der Waals surface area contributed by atoms with Gasteiger partial charge in [-0.25, -0.2) is 4.39 Å². The van der Waals surface area contributed by atoms with Gasteiger partial charge in [-0.3, -0.25) is 0 Å². The molecule has 0 fully saturated rings. The van der Waals surface area contributed by atoms with Crippen LogP contribution in [0.3, 0.4) is 0 Å². The molecule has 0 spiro atoms. The van der Waals surface area contributed by atoms with E-state index in [2.05, 4.69) is 15.9 Å². The number of hydrogen-bond donors (Lipinski definition) is 1. The van der Waals surface area contributed by atoms with E-state index in [0.717, 1.165) is 20.9 Å². The van der Waals surface area contributed by atoms with Crippen molar-refractivity contribution in [2.24, 2.45) is 5.73 Å². The maximum Gasteiger partial charge on any atom is 0.133 e. The molecule has 110 valence electrons. The topological polar surface area (TPSA) is 35.2 Å². The molecule has 2 aromatic carbocycles. The number of thioether (sulfide) groups is 1. The van der Waals surface area contributed by atoms with Gasteiger partial charge in [-0.1, -0.05) is 34.1 Å². The van der Waals surface area contributed by atoms with Gasteiger partial charge in [-0.05, 0) is 36.2 Å². The molecule has 2 nitrogen and oxygen atoms in total. The smallest absolute Gasteiger partial charge is 0.133 e. The third-order valence-electron chi connectivity index (χ3n) is 3.48. The fourth-order valence-corrected chi connectivity index (χ4v) is 3.74. The molecule has 2 aromatic rings. The molecule has 2 unspecified atom stereocenters. The van der Waals surface area contributed by atoms with Crippen LogP contribution in [-0.2, 0) is 6.42 Å². The van der Waals surface area contributed by atoms with Gasteiger partial charge in [0.2, 0.25) is 0 Å². The Morgan fingerprint density at radius 2 is 2.14 bits per heavy atom. The van der Waals surface area contributed by atoms with Crippen LogP contribution in [0.2, 0.25) is 0 Å². The van der Waals surface area contributed by atoms with Gasteiger partial charge >= 0.3 is 0 Å². The second-order valence-electron chi connectivity index (χ2n) is 5.02. The number of rotatable bonds is 3. The van der Waals surface area contributed by atoms with Crippen LogP contribution in [0.1, 0.15) is 5.56 Å². The lowest BCUT2D eigenvalue weighted by molar-refractivity contribution is 0.183. The number of nitrogens with two attached hydrogens (primary N) is 1. The maximum absolute atomic E-state index is 13.9. The Kier molecular flexibility index (Phi) is 4.52. The number of para-hydroxylation sites is 1. The molecule has 21 heavy (non-hydrogen) atoms. The van der Waals surface area contributed by atoms with Crippen molar-refractivity contribution < 1.29 is 9.13 Å². The van der Waals surface area contributed by atoms with E-state index in [-0.39, 0.29) is 18.0 Å². The summed E-state index contributed by atoms with van der Waals surface area (Å²) >= 11 is 4.99. The molecule has 5 heteroatoms. The largest absolute Gasteiger partial charge is 0.487 e. The lowest BCUT2D eigenvalue weighted by atomic mass is 10.0.